The molecule has 0 aliphatic heterocycles. The summed E-state index contributed by atoms with van der Waals surface area (Å²) in [5, 5.41) is 9.98. The van der Waals surface area contributed by atoms with Crippen molar-refractivity contribution in [2.24, 2.45) is 5.73 Å². The first-order valence-electron chi connectivity index (χ1n) is 5.33. The van der Waals surface area contributed by atoms with Crippen molar-refractivity contribution in [1.82, 2.24) is 0 Å². The van der Waals surface area contributed by atoms with Crippen molar-refractivity contribution in [1.29, 1.82) is 0 Å². The Morgan fingerprint density at radius 3 is 2.38 bits per heavy atom. The standard InChI is InChI=1S/C13H19NO2/c1-8-5-9(7-11(14)15)6-10(12(8)16)13(2,3)4/h5-6,16H,7H2,1-4H3,(H2,14,15). The van der Waals surface area contributed by atoms with E-state index >= 15 is 0 Å². The van der Waals surface area contributed by atoms with E-state index in [1.165, 1.54) is 0 Å². The average Bonchev–Trinajstić information content (AvgIpc) is 2.08. The molecule has 0 unspecified atom stereocenters. The lowest BCUT2D eigenvalue weighted by Gasteiger charge is -2.22. The van der Waals surface area contributed by atoms with Gasteiger partial charge in [0.25, 0.3) is 0 Å². The van der Waals surface area contributed by atoms with Crippen molar-refractivity contribution < 1.29 is 9.90 Å². The third kappa shape index (κ3) is 2.75. The molecule has 0 aromatic heterocycles. The molecule has 0 aliphatic carbocycles. The summed E-state index contributed by atoms with van der Waals surface area (Å²) in [5.41, 5.74) is 7.51. The van der Waals surface area contributed by atoms with Crippen molar-refractivity contribution in [3.8, 4) is 5.75 Å². The molecule has 1 aromatic carbocycles. The van der Waals surface area contributed by atoms with Crippen LogP contribution in [0.25, 0.3) is 0 Å². The molecule has 1 rings (SSSR count). The summed E-state index contributed by atoms with van der Waals surface area (Å²) in [6, 6.07) is 3.66. The van der Waals surface area contributed by atoms with Gasteiger partial charge in [-0.2, -0.15) is 0 Å². The molecule has 3 heteroatoms. The molecule has 3 nitrogen and oxygen atoms in total. The molecule has 0 bridgehead atoms. The summed E-state index contributed by atoms with van der Waals surface area (Å²) >= 11 is 0. The molecule has 88 valence electrons. The number of benzene rings is 1. The van der Waals surface area contributed by atoms with Crippen LogP contribution in [-0.2, 0) is 16.6 Å². The fourth-order valence-corrected chi connectivity index (χ4v) is 1.73. The van der Waals surface area contributed by atoms with E-state index in [-0.39, 0.29) is 17.7 Å². The average molecular weight is 221 g/mol. The second-order valence-corrected chi connectivity index (χ2v) is 5.20. The van der Waals surface area contributed by atoms with E-state index in [1.807, 2.05) is 33.8 Å². The number of carbonyl (C=O) groups excluding carboxylic acids is 1. The van der Waals surface area contributed by atoms with Gasteiger partial charge in [0.05, 0.1) is 6.42 Å². The lowest BCUT2D eigenvalue weighted by molar-refractivity contribution is -0.117. The zero-order valence-electron chi connectivity index (χ0n) is 10.3. The van der Waals surface area contributed by atoms with Gasteiger partial charge < -0.3 is 10.8 Å². The summed E-state index contributed by atoms with van der Waals surface area (Å²) in [7, 11) is 0. The first kappa shape index (κ1) is 12.6. The number of amides is 1. The van der Waals surface area contributed by atoms with Gasteiger partial charge in [-0.15, -0.1) is 0 Å². The maximum absolute atomic E-state index is 10.9. The van der Waals surface area contributed by atoms with Crippen LogP contribution in [0.5, 0.6) is 5.75 Å². The molecular weight excluding hydrogens is 202 g/mol. The summed E-state index contributed by atoms with van der Waals surface area (Å²) in [6.07, 6.45) is 0.212. The number of nitrogens with two attached hydrogens (primary N) is 1. The van der Waals surface area contributed by atoms with Crippen molar-refractivity contribution in [2.45, 2.75) is 39.5 Å². The highest BCUT2D eigenvalue weighted by Gasteiger charge is 2.20. The molecule has 0 aliphatic rings. The van der Waals surface area contributed by atoms with Gasteiger partial charge in [0.15, 0.2) is 0 Å². The summed E-state index contributed by atoms with van der Waals surface area (Å²) in [4.78, 5) is 10.9. The topological polar surface area (TPSA) is 63.3 Å². The fraction of sp³-hybridized carbons (Fsp3) is 0.462. The maximum atomic E-state index is 10.9. The van der Waals surface area contributed by atoms with Crippen molar-refractivity contribution in [2.75, 3.05) is 0 Å². The Bertz CT molecular complexity index is 417. The Balaban J connectivity index is 3.28. The van der Waals surface area contributed by atoms with Gasteiger partial charge in [0.1, 0.15) is 5.75 Å². The number of aryl methyl sites for hydroxylation is 1. The zero-order chi connectivity index (χ0) is 12.5. The SMILES string of the molecule is Cc1cc(CC(N)=O)cc(C(C)(C)C)c1O. The van der Waals surface area contributed by atoms with Crippen LogP contribution < -0.4 is 5.73 Å². The minimum absolute atomic E-state index is 0.150. The minimum Gasteiger partial charge on any atom is -0.507 e. The van der Waals surface area contributed by atoms with Gasteiger partial charge in [-0.25, -0.2) is 0 Å². The van der Waals surface area contributed by atoms with E-state index in [1.54, 1.807) is 6.07 Å². The quantitative estimate of drug-likeness (QED) is 0.802. The molecule has 16 heavy (non-hydrogen) atoms. The Morgan fingerprint density at radius 2 is 1.94 bits per heavy atom. The van der Waals surface area contributed by atoms with E-state index in [0.717, 1.165) is 16.7 Å². The Labute approximate surface area is 96.3 Å². The van der Waals surface area contributed by atoms with Crippen LogP contribution in [0, 0.1) is 6.92 Å². The number of hydrogen-bond acceptors (Lipinski definition) is 2. The Kier molecular flexibility index (Phi) is 3.27. The highest BCUT2D eigenvalue weighted by atomic mass is 16.3. The number of phenols is 1. The van der Waals surface area contributed by atoms with E-state index in [0.29, 0.717) is 5.75 Å². The number of hydrogen-bond donors (Lipinski definition) is 2. The van der Waals surface area contributed by atoms with E-state index < -0.39 is 0 Å². The molecule has 0 spiro atoms. The second-order valence-electron chi connectivity index (χ2n) is 5.20. The van der Waals surface area contributed by atoms with Crippen molar-refractivity contribution >= 4 is 5.91 Å². The highest BCUT2D eigenvalue weighted by molar-refractivity contribution is 5.76. The molecule has 0 radical (unpaired) electrons. The lowest BCUT2D eigenvalue weighted by atomic mass is 9.84. The second kappa shape index (κ2) is 4.16. The predicted octanol–water partition coefficient (Wildman–Crippen LogP) is 2.03. The third-order valence-corrected chi connectivity index (χ3v) is 2.55. The first-order chi connectivity index (χ1) is 7.21. The van der Waals surface area contributed by atoms with Crippen LogP contribution in [-0.4, -0.2) is 11.0 Å². The number of rotatable bonds is 2. The molecule has 0 heterocycles. The molecule has 1 aromatic rings. The number of phenolic OH excluding ortho intramolecular Hbond substituents is 1. The molecule has 3 N–H and O–H groups in total. The molecular formula is C13H19NO2. The predicted molar refractivity (Wildman–Crippen MR) is 64.4 cm³/mol. The van der Waals surface area contributed by atoms with E-state index in [9.17, 15) is 9.90 Å². The smallest absolute Gasteiger partial charge is 0.221 e. The minimum atomic E-state index is -0.357. The molecule has 0 saturated carbocycles. The number of primary amides is 1. The van der Waals surface area contributed by atoms with Gasteiger partial charge in [-0.05, 0) is 29.0 Å². The lowest BCUT2D eigenvalue weighted by Crippen LogP contribution is -2.16. The van der Waals surface area contributed by atoms with Crippen LogP contribution in [0.3, 0.4) is 0 Å². The van der Waals surface area contributed by atoms with Crippen LogP contribution >= 0.6 is 0 Å². The Morgan fingerprint density at radius 1 is 1.38 bits per heavy atom. The third-order valence-electron chi connectivity index (χ3n) is 2.55. The van der Waals surface area contributed by atoms with Gasteiger partial charge in [0.2, 0.25) is 5.91 Å². The van der Waals surface area contributed by atoms with Crippen LogP contribution in [0.2, 0.25) is 0 Å². The zero-order valence-corrected chi connectivity index (χ0v) is 10.3. The summed E-state index contributed by atoms with van der Waals surface area (Å²) in [5.74, 6) is -0.0503. The van der Waals surface area contributed by atoms with E-state index in [2.05, 4.69) is 0 Å². The maximum Gasteiger partial charge on any atom is 0.221 e. The van der Waals surface area contributed by atoms with E-state index in [4.69, 9.17) is 5.73 Å². The fourth-order valence-electron chi connectivity index (χ4n) is 1.73. The van der Waals surface area contributed by atoms with Crippen LogP contribution in [0.1, 0.15) is 37.5 Å². The number of carbonyl (C=O) groups is 1. The largest absolute Gasteiger partial charge is 0.507 e. The van der Waals surface area contributed by atoms with Gasteiger partial charge in [-0.1, -0.05) is 32.9 Å². The highest BCUT2D eigenvalue weighted by Crippen LogP contribution is 2.34. The van der Waals surface area contributed by atoms with Crippen molar-refractivity contribution in [3.63, 3.8) is 0 Å². The summed E-state index contributed by atoms with van der Waals surface area (Å²) < 4.78 is 0. The van der Waals surface area contributed by atoms with Gasteiger partial charge >= 0.3 is 0 Å². The number of aromatic hydroxyl groups is 1. The normalized spacial score (nSPS) is 11.5. The summed E-state index contributed by atoms with van der Waals surface area (Å²) in [6.45, 7) is 7.90. The monoisotopic (exact) mass is 221 g/mol. The first-order valence-corrected chi connectivity index (χ1v) is 5.33. The Hall–Kier alpha value is -1.51. The van der Waals surface area contributed by atoms with Gasteiger partial charge in [0, 0.05) is 0 Å². The van der Waals surface area contributed by atoms with Gasteiger partial charge in [-0.3, -0.25) is 4.79 Å². The molecule has 0 fully saturated rings. The molecule has 1 amide bonds. The van der Waals surface area contributed by atoms with Crippen molar-refractivity contribution in [3.05, 3.63) is 28.8 Å². The molecule has 0 atom stereocenters. The molecule has 0 saturated heterocycles. The van der Waals surface area contributed by atoms with Crippen LogP contribution in [0.4, 0.5) is 0 Å². The van der Waals surface area contributed by atoms with Crippen LogP contribution in [0.15, 0.2) is 12.1 Å².